The summed E-state index contributed by atoms with van der Waals surface area (Å²) in [4.78, 5) is 0. The van der Waals surface area contributed by atoms with Crippen LogP contribution >= 0.6 is 0 Å². The second-order valence-electron chi connectivity index (χ2n) is 5.17. The molecule has 19 heavy (non-hydrogen) atoms. The molecule has 2 aromatic rings. The molecule has 1 fully saturated rings. The van der Waals surface area contributed by atoms with Crippen molar-refractivity contribution < 1.29 is 8.42 Å². The number of hydrogen-bond acceptors (Lipinski definition) is 4. The van der Waals surface area contributed by atoms with Crippen molar-refractivity contribution in [2.24, 2.45) is 0 Å². The molecule has 0 bridgehead atoms. The second-order valence-corrected chi connectivity index (χ2v) is 7.57. The molecule has 3 heterocycles. The smallest absolute Gasteiger partial charge is 0.160 e. The van der Waals surface area contributed by atoms with Gasteiger partial charge in [0.15, 0.2) is 15.5 Å². The summed E-state index contributed by atoms with van der Waals surface area (Å²) in [5, 5.41) is 7.98. The molecule has 1 saturated heterocycles. The van der Waals surface area contributed by atoms with Crippen LogP contribution in [0.1, 0.15) is 30.8 Å². The van der Waals surface area contributed by atoms with Gasteiger partial charge in [-0.2, -0.15) is 0 Å². The molecule has 0 radical (unpaired) electrons. The Balaban J connectivity index is 1.97. The molecule has 0 aliphatic carbocycles. The van der Waals surface area contributed by atoms with Crippen LogP contribution in [0, 0.1) is 6.92 Å². The number of rotatable bonds is 2. The maximum absolute atomic E-state index is 12.1. The number of aryl methyl sites for hydroxylation is 1. The molecule has 3 rings (SSSR count). The van der Waals surface area contributed by atoms with Gasteiger partial charge in [0.2, 0.25) is 0 Å². The van der Waals surface area contributed by atoms with Crippen LogP contribution in [-0.4, -0.2) is 34.0 Å². The molecule has 6 heteroatoms. The summed E-state index contributed by atoms with van der Waals surface area (Å²) >= 11 is 0. The van der Waals surface area contributed by atoms with Gasteiger partial charge in [0.1, 0.15) is 5.82 Å². The quantitative estimate of drug-likeness (QED) is 0.836. The van der Waals surface area contributed by atoms with E-state index >= 15 is 0 Å². The van der Waals surface area contributed by atoms with E-state index in [1.807, 2.05) is 29.5 Å². The van der Waals surface area contributed by atoms with Crippen LogP contribution in [0.5, 0.6) is 0 Å². The Hall–Kier alpha value is -1.43. The highest BCUT2D eigenvalue weighted by Gasteiger charge is 2.30. The summed E-state index contributed by atoms with van der Waals surface area (Å²) in [6.45, 7) is 1.98. The van der Waals surface area contributed by atoms with Gasteiger partial charge in [0.05, 0.1) is 11.0 Å². The summed E-state index contributed by atoms with van der Waals surface area (Å²) < 4.78 is 26.1. The van der Waals surface area contributed by atoms with Crippen molar-refractivity contribution in [1.82, 2.24) is 14.6 Å². The van der Waals surface area contributed by atoms with Gasteiger partial charge < -0.3 is 0 Å². The van der Waals surface area contributed by atoms with Gasteiger partial charge in [-0.25, -0.2) is 8.42 Å². The van der Waals surface area contributed by atoms with Crippen LogP contribution in [0.3, 0.4) is 0 Å². The third kappa shape index (κ3) is 2.25. The van der Waals surface area contributed by atoms with E-state index < -0.39 is 9.84 Å². The van der Waals surface area contributed by atoms with Gasteiger partial charge in [-0.3, -0.25) is 4.40 Å². The van der Waals surface area contributed by atoms with Crippen molar-refractivity contribution in [3.63, 3.8) is 0 Å². The highest BCUT2D eigenvalue weighted by Crippen LogP contribution is 2.23. The molecule has 0 amide bonds. The van der Waals surface area contributed by atoms with E-state index in [0.29, 0.717) is 12.2 Å². The monoisotopic (exact) mass is 279 g/mol. The number of sulfone groups is 1. The molecule has 2 aromatic heterocycles. The molecule has 0 spiro atoms. The molecular weight excluding hydrogens is 262 g/mol. The molecule has 0 aromatic carbocycles. The van der Waals surface area contributed by atoms with Gasteiger partial charge >= 0.3 is 0 Å². The third-order valence-electron chi connectivity index (χ3n) is 3.81. The average molecular weight is 279 g/mol. The normalized spacial score (nSPS) is 22.7. The number of pyridine rings is 1. The molecule has 1 unspecified atom stereocenters. The summed E-state index contributed by atoms with van der Waals surface area (Å²) in [6, 6.07) is 5.80. The van der Waals surface area contributed by atoms with Crippen molar-refractivity contribution in [2.45, 2.75) is 37.9 Å². The topological polar surface area (TPSA) is 64.3 Å². The summed E-state index contributed by atoms with van der Waals surface area (Å²) in [7, 11) is -2.96. The van der Waals surface area contributed by atoms with Crippen LogP contribution < -0.4 is 0 Å². The molecule has 0 saturated carbocycles. The van der Waals surface area contributed by atoms with Gasteiger partial charge in [-0.05, 0) is 31.9 Å². The number of nitrogens with zero attached hydrogens (tertiary/aromatic N) is 3. The van der Waals surface area contributed by atoms with E-state index in [0.717, 1.165) is 36.4 Å². The van der Waals surface area contributed by atoms with Gasteiger partial charge in [0, 0.05) is 12.1 Å². The lowest BCUT2D eigenvalue weighted by Gasteiger charge is -2.21. The maximum atomic E-state index is 12.1. The molecule has 102 valence electrons. The Kier molecular flexibility index (Phi) is 3.05. The largest absolute Gasteiger partial charge is 0.284 e. The van der Waals surface area contributed by atoms with E-state index in [1.54, 1.807) is 0 Å². The molecule has 0 N–H and O–H groups in total. The van der Waals surface area contributed by atoms with Crippen molar-refractivity contribution in [1.29, 1.82) is 0 Å². The Morgan fingerprint density at radius 2 is 2.16 bits per heavy atom. The fraction of sp³-hybridized carbons (Fsp3) is 0.538. The zero-order valence-corrected chi connectivity index (χ0v) is 11.7. The maximum Gasteiger partial charge on any atom is 0.160 e. The summed E-state index contributed by atoms with van der Waals surface area (Å²) in [6.07, 6.45) is 2.98. The zero-order chi connectivity index (χ0) is 13.5. The Labute approximate surface area is 112 Å². The Morgan fingerprint density at radius 3 is 2.95 bits per heavy atom. The van der Waals surface area contributed by atoms with E-state index in [9.17, 15) is 8.42 Å². The van der Waals surface area contributed by atoms with E-state index in [2.05, 4.69) is 10.2 Å². The lowest BCUT2D eigenvalue weighted by atomic mass is 10.1. The van der Waals surface area contributed by atoms with E-state index in [1.165, 1.54) is 0 Å². The number of aromatic nitrogens is 3. The molecule has 5 nitrogen and oxygen atoms in total. The minimum Gasteiger partial charge on any atom is -0.284 e. The van der Waals surface area contributed by atoms with E-state index in [-0.39, 0.29) is 5.25 Å². The first kappa shape index (κ1) is 12.6. The van der Waals surface area contributed by atoms with Crippen LogP contribution in [0.25, 0.3) is 5.65 Å². The first-order valence-electron chi connectivity index (χ1n) is 6.59. The van der Waals surface area contributed by atoms with Gasteiger partial charge in [-0.1, -0.05) is 12.5 Å². The predicted octanol–water partition coefficient (Wildman–Crippen LogP) is 1.55. The van der Waals surface area contributed by atoms with Gasteiger partial charge in [-0.15, -0.1) is 10.2 Å². The van der Waals surface area contributed by atoms with E-state index in [4.69, 9.17) is 0 Å². The van der Waals surface area contributed by atoms with Crippen LogP contribution in [0.4, 0.5) is 0 Å². The Bertz CT molecular complexity index is 706. The first-order chi connectivity index (χ1) is 9.08. The van der Waals surface area contributed by atoms with Crippen LogP contribution in [0.2, 0.25) is 0 Å². The van der Waals surface area contributed by atoms with Crippen molar-refractivity contribution >= 4 is 15.5 Å². The summed E-state index contributed by atoms with van der Waals surface area (Å²) in [5.74, 6) is 1.07. The Morgan fingerprint density at radius 1 is 1.32 bits per heavy atom. The molecular formula is C13H17N3O2S. The number of fused-ring (bicyclic) bond motifs is 1. The lowest BCUT2D eigenvalue weighted by Crippen LogP contribution is -2.31. The minimum atomic E-state index is -2.96. The van der Waals surface area contributed by atoms with Crippen molar-refractivity contribution in [3.05, 3.63) is 29.7 Å². The molecule has 1 aliphatic heterocycles. The first-order valence-corrected chi connectivity index (χ1v) is 8.31. The predicted molar refractivity (Wildman–Crippen MR) is 72.9 cm³/mol. The summed E-state index contributed by atoms with van der Waals surface area (Å²) in [5.41, 5.74) is 1.81. The standard InChI is InChI=1S/C13H17N3O2S/c1-10-5-4-7-12-14-15-13(16(10)12)9-11-6-2-3-8-19(11,17)18/h4-5,7,11H,2-3,6,8-9H2,1H3. The van der Waals surface area contributed by atoms with Gasteiger partial charge in [0.25, 0.3) is 0 Å². The highest BCUT2D eigenvalue weighted by molar-refractivity contribution is 7.92. The molecule has 1 aliphatic rings. The highest BCUT2D eigenvalue weighted by atomic mass is 32.2. The van der Waals surface area contributed by atoms with Crippen LogP contribution in [0.15, 0.2) is 18.2 Å². The van der Waals surface area contributed by atoms with Crippen molar-refractivity contribution in [3.8, 4) is 0 Å². The zero-order valence-electron chi connectivity index (χ0n) is 10.9. The fourth-order valence-corrected chi connectivity index (χ4v) is 4.63. The average Bonchev–Trinajstić information content (AvgIpc) is 2.77. The SMILES string of the molecule is Cc1cccc2nnc(CC3CCCCS3(=O)=O)n12. The van der Waals surface area contributed by atoms with Crippen molar-refractivity contribution in [2.75, 3.05) is 5.75 Å². The van der Waals surface area contributed by atoms with Crippen LogP contribution in [-0.2, 0) is 16.3 Å². The third-order valence-corrected chi connectivity index (χ3v) is 6.09. The lowest BCUT2D eigenvalue weighted by molar-refractivity contribution is 0.533. The fourth-order valence-electron chi connectivity index (χ4n) is 2.76. The minimum absolute atomic E-state index is 0.298. The molecule has 1 atom stereocenters. The second kappa shape index (κ2) is 4.59. The number of hydrogen-bond donors (Lipinski definition) is 0.